The lowest BCUT2D eigenvalue weighted by atomic mass is 10.6. The first-order valence-corrected chi connectivity index (χ1v) is 5.67. The molecule has 0 aromatic rings. The molecule has 0 heterocycles. The summed E-state index contributed by atoms with van der Waals surface area (Å²) in [5.41, 5.74) is 0. The third-order valence-electron chi connectivity index (χ3n) is 0.850. The van der Waals surface area contributed by atoms with Crippen LogP contribution in [0.4, 0.5) is 0 Å². The summed E-state index contributed by atoms with van der Waals surface area (Å²) >= 11 is 4.54. The summed E-state index contributed by atoms with van der Waals surface area (Å²) in [6.07, 6.45) is 2.13. The smallest absolute Gasteiger partial charge is 0.179 e. The third-order valence-corrected chi connectivity index (χ3v) is 1.82. The second kappa shape index (κ2) is 6.86. The van der Waals surface area contributed by atoms with Gasteiger partial charge in [0.1, 0.15) is 0 Å². The Morgan fingerprint density at radius 3 is 1.89 bits per heavy atom. The van der Waals surface area contributed by atoms with Crippen molar-refractivity contribution in [1.29, 1.82) is 5.26 Å². The van der Waals surface area contributed by atoms with E-state index in [-0.39, 0.29) is 0 Å². The van der Waals surface area contributed by atoms with Gasteiger partial charge in [0, 0.05) is 21.9 Å². The lowest BCUT2D eigenvalue weighted by Gasteiger charge is -2.10. The van der Waals surface area contributed by atoms with E-state index in [9.17, 15) is 0 Å². The summed E-state index contributed by atoms with van der Waals surface area (Å²) in [5.74, 6) is 0. The van der Waals surface area contributed by atoms with Crippen LogP contribution in [0.1, 0.15) is 0 Å². The molecule has 0 aromatic heterocycles. The van der Waals surface area contributed by atoms with E-state index in [2.05, 4.69) is 51.4 Å². The summed E-state index contributed by atoms with van der Waals surface area (Å²) in [6, 6.07) is 0. The number of alkyl halides is 2. The van der Waals surface area contributed by atoms with Crippen LogP contribution in [0.2, 0.25) is 0 Å². The van der Waals surface area contributed by atoms with Gasteiger partial charge >= 0.3 is 0 Å². The number of rotatable bonds is 4. The molecule has 9 heavy (non-hydrogen) atoms. The molecule has 0 amide bonds. The Labute approximate surface area is 82.9 Å². The first kappa shape index (κ1) is 9.75. The minimum atomic E-state index is 0.889. The molecule has 0 saturated carbocycles. The molecular formula is C5H8I2N2. The van der Waals surface area contributed by atoms with E-state index in [0.29, 0.717) is 0 Å². The molecule has 0 aliphatic heterocycles. The lowest BCUT2D eigenvalue weighted by Crippen LogP contribution is -2.21. The first-order valence-electron chi connectivity index (χ1n) is 2.61. The Kier molecular flexibility index (Phi) is 7.44. The zero-order valence-corrected chi connectivity index (χ0v) is 9.29. The van der Waals surface area contributed by atoms with Crippen molar-refractivity contribution >= 4 is 45.2 Å². The van der Waals surface area contributed by atoms with Crippen molar-refractivity contribution in [3.05, 3.63) is 0 Å². The molecule has 0 radical (unpaired) electrons. The van der Waals surface area contributed by atoms with Crippen LogP contribution in [0.5, 0.6) is 0 Å². The normalized spacial score (nSPS) is 8.56. The van der Waals surface area contributed by atoms with Gasteiger partial charge in [0.2, 0.25) is 0 Å². The molecule has 0 atom stereocenters. The molecule has 4 heteroatoms. The maximum Gasteiger partial charge on any atom is 0.179 e. The number of hydrogen-bond donors (Lipinski definition) is 0. The number of halogens is 2. The van der Waals surface area contributed by atoms with Crippen LogP contribution in [-0.2, 0) is 0 Å². The van der Waals surface area contributed by atoms with Gasteiger partial charge in [-0.05, 0) is 0 Å². The van der Waals surface area contributed by atoms with Gasteiger partial charge in [0.25, 0.3) is 0 Å². The van der Waals surface area contributed by atoms with Crippen molar-refractivity contribution in [3.8, 4) is 6.19 Å². The Morgan fingerprint density at radius 2 is 1.67 bits per heavy atom. The average Bonchev–Trinajstić information content (AvgIpc) is 1.88. The highest BCUT2D eigenvalue weighted by atomic mass is 127. The molecule has 0 N–H and O–H groups in total. The van der Waals surface area contributed by atoms with E-state index in [4.69, 9.17) is 5.26 Å². The van der Waals surface area contributed by atoms with Crippen LogP contribution < -0.4 is 0 Å². The van der Waals surface area contributed by atoms with E-state index in [1.54, 1.807) is 4.90 Å². The molecule has 0 aromatic carbocycles. The fourth-order valence-corrected chi connectivity index (χ4v) is 1.58. The zero-order valence-electron chi connectivity index (χ0n) is 4.98. The highest BCUT2D eigenvalue weighted by Gasteiger charge is 1.95. The molecule has 0 saturated heterocycles. The number of hydrogen-bond acceptors (Lipinski definition) is 2. The van der Waals surface area contributed by atoms with E-state index in [1.165, 1.54) is 0 Å². The molecule has 0 spiro atoms. The molecule has 0 bridgehead atoms. The van der Waals surface area contributed by atoms with Crippen LogP contribution in [0.3, 0.4) is 0 Å². The first-order chi connectivity index (χ1) is 4.35. The highest BCUT2D eigenvalue weighted by molar-refractivity contribution is 14.1. The molecule has 0 aliphatic carbocycles. The van der Waals surface area contributed by atoms with Crippen molar-refractivity contribution in [2.75, 3.05) is 21.9 Å². The van der Waals surface area contributed by atoms with Crippen molar-refractivity contribution in [2.45, 2.75) is 0 Å². The van der Waals surface area contributed by atoms with Crippen molar-refractivity contribution in [3.63, 3.8) is 0 Å². The Bertz CT molecular complexity index is 93.6. The second-order valence-electron chi connectivity index (χ2n) is 1.47. The van der Waals surface area contributed by atoms with Crippen molar-refractivity contribution in [1.82, 2.24) is 4.90 Å². The van der Waals surface area contributed by atoms with Crippen LogP contribution in [0, 0.1) is 11.5 Å². The van der Waals surface area contributed by atoms with Crippen LogP contribution in [0.15, 0.2) is 0 Å². The number of nitriles is 1. The largest absolute Gasteiger partial charge is 0.309 e. The van der Waals surface area contributed by atoms with E-state index >= 15 is 0 Å². The maximum absolute atomic E-state index is 8.46. The standard InChI is InChI=1S/C5H8I2N2/c6-1-3-9(5-8)4-2-7/h1-4H2. The van der Waals surface area contributed by atoms with Gasteiger partial charge in [0.05, 0.1) is 0 Å². The fourth-order valence-electron chi connectivity index (χ4n) is 0.416. The third kappa shape index (κ3) is 5.21. The van der Waals surface area contributed by atoms with E-state index < -0.39 is 0 Å². The predicted molar refractivity (Wildman–Crippen MR) is 55.0 cm³/mol. The molecule has 0 aliphatic rings. The molecule has 0 rings (SSSR count). The minimum absolute atomic E-state index is 0.889. The Morgan fingerprint density at radius 1 is 1.22 bits per heavy atom. The Balaban J connectivity index is 3.32. The quantitative estimate of drug-likeness (QED) is 0.334. The summed E-state index contributed by atoms with van der Waals surface area (Å²) in [6.45, 7) is 1.78. The topological polar surface area (TPSA) is 27.0 Å². The van der Waals surface area contributed by atoms with Crippen molar-refractivity contribution < 1.29 is 0 Å². The van der Waals surface area contributed by atoms with E-state index in [0.717, 1.165) is 21.9 Å². The highest BCUT2D eigenvalue weighted by Crippen LogP contribution is 1.91. The second-order valence-corrected chi connectivity index (χ2v) is 3.62. The maximum atomic E-state index is 8.46. The van der Waals surface area contributed by atoms with Gasteiger partial charge in [-0.3, -0.25) is 0 Å². The predicted octanol–water partition coefficient (Wildman–Crippen LogP) is 1.64. The summed E-state index contributed by atoms with van der Waals surface area (Å²) in [7, 11) is 0. The molecule has 2 nitrogen and oxygen atoms in total. The lowest BCUT2D eigenvalue weighted by molar-refractivity contribution is 0.449. The Hall–Kier alpha value is 0.750. The van der Waals surface area contributed by atoms with Gasteiger partial charge < -0.3 is 4.90 Å². The summed E-state index contributed by atoms with van der Waals surface area (Å²) < 4.78 is 2.06. The van der Waals surface area contributed by atoms with Gasteiger partial charge in [-0.2, -0.15) is 5.26 Å². The van der Waals surface area contributed by atoms with Crippen LogP contribution in [0.25, 0.3) is 0 Å². The van der Waals surface area contributed by atoms with Gasteiger partial charge in [-0.25, -0.2) is 0 Å². The molecular weight excluding hydrogens is 342 g/mol. The SMILES string of the molecule is N#CN(CCI)CCI. The monoisotopic (exact) mass is 350 g/mol. The minimum Gasteiger partial charge on any atom is -0.309 e. The van der Waals surface area contributed by atoms with Gasteiger partial charge in [0.15, 0.2) is 6.19 Å². The zero-order chi connectivity index (χ0) is 7.11. The van der Waals surface area contributed by atoms with Gasteiger partial charge in [-0.1, -0.05) is 45.2 Å². The van der Waals surface area contributed by atoms with Crippen LogP contribution >= 0.6 is 45.2 Å². The van der Waals surface area contributed by atoms with Crippen LogP contribution in [-0.4, -0.2) is 26.8 Å². The van der Waals surface area contributed by atoms with E-state index in [1.807, 2.05) is 0 Å². The molecule has 0 unspecified atom stereocenters. The summed E-state index contributed by atoms with van der Waals surface area (Å²) in [5, 5.41) is 8.46. The number of nitrogens with zero attached hydrogens (tertiary/aromatic N) is 2. The van der Waals surface area contributed by atoms with Gasteiger partial charge in [-0.15, -0.1) is 0 Å². The fraction of sp³-hybridized carbons (Fsp3) is 0.800. The average molecular weight is 350 g/mol. The molecule has 52 valence electrons. The molecule has 0 fully saturated rings. The van der Waals surface area contributed by atoms with Crippen molar-refractivity contribution in [2.24, 2.45) is 0 Å². The summed E-state index contributed by atoms with van der Waals surface area (Å²) in [4.78, 5) is 1.78.